The van der Waals surface area contributed by atoms with Gasteiger partial charge < -0.3 is 24.8 Å². The van der Waals surface area contributed by atoms with E-state index in [1.165, 1.54) is 7.11 Å². The average molecular weight is 529 g/mol. The number of nitrogens with zero attached hydrogens (tertiary/aromatic N) is 3. The van der Waals surface area contributed by atoms with Gasteiger partial charge in [0.25, 0.3) is 11.8 Å². The predicted molar refractivity (Wildman–Crippen MR) is 147 cm³/mol. The Kier molecular flexibility index (Phi) is 10.3. The fourth-order valence-electron chi connectivity index (χ4n) is 5.69. The van der Waals surface area contributed by atoms with Crippen LogP contribution in [0.15, 0.2) is 24.3 Å². The number of anilines is 1. The number of hydrogen-bond acceptors (Lipinski definition) is 6. The second kappa shape index (κ2) is 13.2. The number of ketones is 1. The minimum absolute atomic E-state index is 0.0123. The molecule has 38 heavy (non-hydrogen) atoms. The van der Waals surface area contributed by atoms with Crippen LogP contribution in [0.3, 0.4) is 0 Å². The standard InChI is InChI=1S/C29H44N4O5/c1-7-10-25(38-6)29(37)33-18-24(34)26-23(33)15-16-32(26)28(36)22(17-19(4)5)30-27(35)20-11-13-21(14-12-20)31(8-2)9-3/h11-14,19,22-23,25-26H,7-10,15-18H2,1-6H3,(H,30,35). The molecule has 0 aromatic heterocycles. The molecule has 3 rings (SSSR count). The van der Waals surface area contributed by atoms with Crippen LogP contribution in [0.5, 0.6) is 0 Å². The Labute approximate surface area is 226 Å². The van der Waals surface area contributed by atoms with Gasteiger partial charge in [-0.2, -0.15) is 0 Å². The molecule has 0 radical (unpaired) electrons. The molecule has 2 heterocycles. The smallest absolute Gasteiger partial charge is 0.252 e. The van der Waals surface area contributed by atoms with Crippen molar-refractivity contribution in [2.75, 3.05) is 38.2 Å². The van der Waals surface area contributed by atoms with E-state index in [4.69, 9.17) is 4.74 Å². The second-order valence-electron chi connectivity index (χ2n) is 10.7. The van der Waals surface area contributed by atoms with Crippen LogP contribution in [0.25, 0.3) is 0 Å². The van der Waals surface area contributed by atoms with E-state index in [-0.39, 0.29) is 42.0 Å². The van der Waals surface area contributed by atoms with Crippen LogP contribution in [0.1, 0.15) is 70.7 Å². The van der Waals surface area contributed by atoms with Gasteiger partial charge in [0.15, 0.2) is 5.78 Å². The van der Waals surface area contributed by atoms with Gasteiger partial charge in [-0.05, 0) is 63.3 Å². The molecule has 2 fully saturated rings. The van der Waals surface area contributed by atoms with Gasteiger partial charge in [-0.1, -0.05) is 27.2 Å². The van der Waals surface area contributed by atoms with E-state index in [1.54, 1.807) is 21.9 Å². The number of hydrogen-bond donors (Lipinski definition) is 1. The van der Waals surface area contributed by atoms with Crippen molar-refractivity contribution < 1.29 is 23.9 Å². The number of carbonyl (C=O) groups is 4. The summed E-state index contributed by atoms with van der Waals surface area (Å²) in [4.78, 5) is 58.4. The Bertz CT molecular complexity index is 991. The van der Waals surface area contributed by atoms with Gasteiger partial charge in [-0.15, -0.1) is 0 Å². The van der Waals surface area contributed by atoms with E-state index < -0.39 is 18.2 Å². The SMILES string of the molecule is CCCC(OC)C(=O)N1CC(=O)C2C1CCN2C(=O)C(CC(C)C)NC(=O)c1ccc(N(CC)CC)cc1. The van der Waals surface area contributed by atoms with E-state index in [1.807, 2.05) is 32.9 Å². The Morgan fingerprint density at radius 1 is 1.05 bits per heavy atom. The number of fused-ring (bicyclic) bond motifs is 1. The largest absolute Gasteiger partial charge is 0.372 e. The minimum atomic E-state index is -0.756. The van der Waals surface area contributed by atoms with Crippen LogP contribution in [-0.4, -0.2) is 90.8 Å². The van der Waals surface area contributed by atoms with Crippen molar-refractivity contribution in [3.63, 3.8) is 0 Å². The van der Waals surface area contributed by atoms with Crippen molar-refractivity contribution in [2.45, 2.75) is 84.5 Å². The van der Waals surface area contributed by atoms with Gasteiger partial charge in [0.1, 0.15) is 18.2 Å². The number of nitrogens with one attached hydrogen (secondary N) is 1. The quantitative estimate of drug-likeness (QED) is 0.448. The summed E-state index contributed by atoms with van der Waals surface area (Å²) in [5.41, 5.74) is 1.52. The van der Waals surface area contributed by atoms with Gasteiger partial charge in [-0.25, -0.2) is 0 Å². The van der Waals surface area contributed by atoms with Gasteiger partial charge in [0.2, 0.25) is 5.91 Å². The third-order valence-electron chi connectivity index (χ3n) is 7.67. The van der Waals surface area contributed by atoms with Crippen LogP contribution in [0, 0.1) is 5.92 Å². The molecule has 1 N–H and O–H groups in total. The lowest BCUT2D eigenvalue weighted by atomic mass is 10.0. The number of methoxy groups -OCH3 is 1. The molecule has 9 heteroatoms. The summed E-state index contributed by atoms with van der Waals surface area (Å²) in [6.45, 7) is 12.3. The lowest BCUT2D eigenvalue weighted by Gasteiger charge is -2.29. The maximum absolute atomic E-state index is 13.8. The highest BCUT2D eigenvalue weighted by molar-refractivity contribution is 6.01. The number of amides is 3. The third-order valence-corrected chi connectivity index (χ3v) is 7.67. The van der Waals surface area contributed by atoms with Crippen molar-refractivity contribution in [1.29, 1.82) is 0 Å². The first-order valence-electron chi connectivity index (χ1n) is 14.0. The summed E-state index contributed by atoms with van der Waals surface area (Å²) >= 11 is 0. The van der Waals surface area contributed by atoms with E-state index in [2.05, 4.69) is 24.1 Å². The first kappa shape index (κ1) is 29.6. The molecule has 0 bridgehead atoms. The van der Waals surface area contributed by atoms with Crippen LogP contribution >= 0.6 is 0 Å². The molecule has 2 aliphatic heterocycles. The van der Waals surface area contributed by atoms with Crippen LogP contribution in [0.2, 0.25) is 0 Å². The number of benzene rings is 1. The van der Waals surface area contributed by atoms with E-state index in [0.29, 0.717) is 31.4 Å². The molecule has 0 spiro atoms. The molecule has 0 saturated carbocycles. The fraction of sp³-hybridized carbons (Fsp3) is 0.655. The summed E-state index contributed by atoms with van der Waals surface area (Å²) < 4.78 is 5.39. The maximum Gasteiger partial charge on any atom is 0.252 e. The summed E-state index contributed by atoms with van der Waals surface area (Å²) in [7, 11) is 1.51. The average Bonchev–Trinajstić information content (AvgIpc) is 3.48. The van der Waals surface area contributed by atoms with E-state index >= 15 is 0 Å². The molecule has 4 unspecified atom stereocenters. The van der Waals surface area contributed by atoms with Gasteiger partial charge >= 0.3 is 0 Å². The Morgan fingerprint density at radius 2 is 1.71 bits per heavy atom. The zero-order chi connectivity index (χ0) is 28.0. The number of likely N-dealkylation sites (tertiary alicyclic amines) is 2. The van der Waals surface area contributed by atoms with E-state index in [9.17, 15) is 19.2 Å². The highest BCUT2D eigenvalue weighted by Gasteiger charge is 2.52. The van der Waals surface area contributed by atoms with Crippen molar-refractivity contribution in [2.24, 2.45) is 5.92 Å². The van der Waals surface area contributed by atoms with Crippen molar-refractivity contribution in [1.82, 2.24) is 15.1 Å². The molecule has 1 aromatic rings. The number of ether oxygens (including phenoxy) is 1. The highest BCUT2D eigenvalue weighted by atomic mass is 16.5. The Balaban J connectivity index is 1.74. The number of carbonyl (C=O) groups excluding carboxylic acids is 4. The summed E-state index contributed by atoms with van der Waals surface area (Å²) in [6, 6.07) is 5.60. The number of rotatable bonds is 12. The predicted octanol–water partition coefficient (Wildman–Crippen LogP) is 2.87. The maximum atomic E-state index is 13.8. The first-order chi connectivity index (χ1) is 18.2. The van der Waals surface area contributed by atoms with Crippen molar-refractivity contribution in [3.05, 3.63) is 29.8 Å². The normalized spacial score (nSPS) is 20.4. The Morgan fingerprint density at radius 3 is 2.26 bits per heavy atom. The molecule has 9 nitrogen and oxygen atoms in total. The molecule has 0 aliphatic carbocycles. The zero-order valence-corrected chi connectivity index (χ0v) is 23.7. The topological polar surface area (TPSA) is 99.3 Å². The fourth-order valence-corrected chi connectivity index (χ4v) is 5.69. The lowest BCUT2D eigenvalue weighted by molar-refractivity contribution is -0.144. The second-order valence-corrected chi connectivity index (χ2v) is 10.7. The van der Waals surface area contributed by atoms with Crippen LogP contribution in [0.4, 0.5) is 5.69 Å². The molecule has 3 amide bonds. The Hall–Kier alpha value is -2.94. The van der Waals surface area contributed by atoms with Crippen molar-refractivity contribution in [3.8, 4) is 0 Å². The minimum Gasteiger partial charge on any atom is -0.372 e. The molecule has 2 aliphatic rings. The molecular formula is C29H44N4O5. The monoisotopic (exact) mass is 528 g/mol. The molecule has 210 valence electrons. The molecule has 1 aromatic carbocycles. The third kappa shape index (κ3) is 6.37. The summed E-state index contributed by atoms with van der Waals surface area (Å²) in [5, 5.41) is 2.94. The molecule has 2 saturated heterocycles. The highest BCUT2D eigenvalue weighted by Crippen LogP contribution is 2.32. The van der Waals surface area contributed by atoms with Crippen LogP contribution < -0.4 is 10.2 Å². The molecule has 4 atom stereocenters. The van der Waals surface area contributed by atoms with Crippen LogP contribution in [-0.2, 0) is 19.1 Å². The summed E-state index contributed by atoms with van der Waals surface area (Å²) in [6.07, 6.45) is 1.77. The zero-order valence-electron chi connectivity index (χ0n) is 23.7. The lowest BCUT2D eigenvalue weighted by Crippen LogP contribution is -2.53. The first-order valence-corrected chi connectivity index (χ1v) is 14.0. The molecular weight excluding hydrogens is 484 g/mol. The number of Topliss-reactive ketones (excluding diaryl/α,β-unsaturated/α-hetero) is 1. The summed E-state index contributed by atoms with van der Waals surface area (Å²) in [5.74, 6) is -0.755. The van der Waals surface area contributed by atoms with Gasteiger partial charge in [0, 0.05) is 38.0 Å². The van der Waals surface area contributed by atoms with E-state index in [0.717, 1.165) is 25.2 Å². The van der Waals surface area contributed by atoms with Gasteiger partial charge in [0.05, 0.1) is 12.6 Å². The van der Waals surface area contributed by atoms with Gasteiger partial charge in [-0.3, -0.25) is 19.2 Å². The van der Waals surface area contributed by atoms with Crippen molar-refractivity contribution >= 4 is 29.2 Å².